The molecule has 4 heterocycles. The molecule has 0 fully saturated rings. The molecule has 0 unspecified atom stereocenters. The third kappa shape index (κ3) is 6.36. The van der Waals surface area contributed by atoms with Crippen molar-refractivity contribution in [2.24, 2.45) is 0 Å². The van der Waals surface area contributed by atoms with Crippen LogP contribution >= 0.6 is 22.7 Å². The van der Waals surface area contributed by atoms with E-state index in [2.05, 4.69) is 240 Å². The molecular weight excluding hydrogens is 860 g/mol. The second-order valence-electron chi connectivity index (χ2n) is 21.0. The Hall–Kier alpha value is -6.92. The Kier molecular flexibility index (Phi) is 9.13. The van der Waals surface area contributed by atoms with Crippen LogP contribution in [-0.2, 0) is 10.8 Å². The lowest BCUT2D eigenvalue weighted by molar-refractivity contribution is 0.590. The van der Waals surface area contributed by atoms with Crippen molar-refractivity contribution in [1.29, 1.82) is 0 Å². The van der Waals surface area contributed by atoms with E-state index in [0.717, 1.165) is 11.4 Å². The van der Waals surface area contributed by atoms with Crippen molar-refractivity contribution >= 4 is 120 Å². The molecule has 0 amide bonds. The summed E-state index contributed by atoms with van der Waals surface area (Å²) in [5.74, 6) is 0. The Bertz CT molecular complexity index is 3590. The molecule has 2 aromatic heterocycles. The topological polar surface area (TPSA) is 6.48 Å². The molecule has 11 aromatic rings. The molecule has 0 radical (unpaired) electrons. The van der Waals surface area contributed by atoms with E-state index >= 15 is 0 Å². The highest BCUT2D eigenvalue weighted by atomic mass is 32.1. The van der Waals surface area contributed by atoms with Crippen LogP contribution in [0, 0.1) is 6.92 Å². The van der Waals surface area contributed by atoms with Crippen LogP contribution in [0.2, 0.25) is 0 Å². The predicted molar refractivity (Wildman–Crippen MR) is 299 cm³/mol. The van der Waals surface area contributed by atoms with Gasteiger partial charge in [0, 0.05) is 74.5 Å². The number of rotatable bonds is 4. The summed E-state index contributed by atoms with van der Waals surface area (Å²) in [7, 11) is 0. The molecule has 2 aliphatic heterocycles. The molecule has 5 heteroatoms. The Labute approximate surface area is 407 Å². The fraction of sp³-hybridized carbons (Fsp3) is 0.143. The van der Waals surface area contributed by atoms with Crippen LogP contribution in [0.1, 0.15) is 58.2 Å². The molecule has 0 aliphatic carbocycles. The monoisotopic (exact) mass is 910 g/mol. The van der Waals surface area contributed by atoms with Crippen LogP contribution in [0.4, 0.5) is 34.1 Å². The maximum absolute atomic E-state index is 2.56. The average Bonchev–Trinajstić information content (AvgIpc) is 3.92. The Morgan fingerprint density at radius 2 is 0.809 bits per heavy atom. The highest BCUT2D eigenvalue weighted by Gasteiger charge is 2.44. The summed E-state index contributed by atoms with van der Waals surface area (Å²) in [6.07, 6.45) is 0. The summed E-state index contributed by atoms with van der Waals surface area (Å²) in [6.45, 7) is 16.3. The Morgan fingerprint density at radius 1 is 0.397 bits per heavy atom. The van der Waals surface area contributed by atoms with Crippen molar-refractivity contribution in [3.05, 3.63) is 199 Å². The van der Waals surface area contributed by atoms with Crippen LogP contribution in [0.15, 0.2) is 182 Å². The van der Waals surface area contributed by atoms with Gasteiger partial charge >= 0.3 is 0 Å². The lowest BCUT2D eigenvalue weighted by atomic mass is 9.33. The van der Waals surface area contributed by atoms with E-state index < -0.39 is 0 Å². The van der Waals surface area contributed by atoms with Gasteiger partial charge in [-0.15, -0.1) is 22.7 Å². The Balaban J connectivity index is 1.01. The molecule has 2 aliphatic rings. The van der Waals surface area contributed by atoms with Crippen LogP contribution in [0.3, 0.4) is 0 Å². The van der Waals surface area contributed by atoms with Crippen molar-refractivity contribution in [3.8, 4) is 22.3 Å². The van der Waals surface area contributed by atoms with Gasteiger partial charge in [-0.3, -0.25) is 0 Å². The van der Waals surface area contributed by atoms with E-state index in [1.807, 2.05) is 22.7 Å². The van der Waals surface area contributed by atoms with E-state index in [1.54, 1.807) is 0 Å². The van der Waals surface area contributed by atoms with Gasteiger partial charge < -0.3 is 9.80 Å². The summed E-state index contributed by atoms with van der Waals surface area (Å²) in [6, 6.07) is 69.4. The van der Waals surface area contributed by atoms with E-state index in [4.69, 9.17) is 0 Å². The first-order valence-electron chi connectivity index (χ1n) is 23.9. The lowest BCUT2D eigenvalue weighted by Gasteiger charge is -2.45. The number of benzene rings is 9. The van der Waals surface area contributed by atoms with Crippen molar-refractivity contribution in [3.63, 3.8) is 0 Å². The number of aryl methyl sites for hydroxylation is 1. The van der Waals surface area contributed by atoms with Crippen LogP contribution in [-0.4, -0.2) is 6.71 Å². The molecule has 0 bridgehead atoms. The van der Waals surface area contributed by atoms with Crippen molar-refractivity contribution in [1.82, 2.24) is 0 Å². The second kappa shape index (κ2) is 15.0. The van der Waals surface area contributed by atoms with E-state index in [9.17, 15) is 0 Å². The van der Waals surface area contributed by atoms with Crippen LogP contribution < -0.4 is 26.2 Å². The molecule has 68 heavy (non-hydrogen) atoms. The minimum Gasteiger partial charge on any atom is -0.311 e. The minimum absolute atomic E-state index is 0.0249. The summed E-state index contributed by atoms with van der Waals surface area (Å²) in [5.41, 5.74) is 20.2. The first-order valence-corrected chi connectivity index (χ1v) is 25.6. The van der Waals surface area contributed by atoms with Gasteiger partial charge in [-0.25, -0.2) is 0 Å². The molecule has 13 rings (SSSR count). The molecule has 0 atom stereocenters. The van der Waals surface area contributed by atoms with E-state index in [1.165, 1.54) is 118 Å². The van der Waals surface area contributed by atoms with Gasteiger partial charge in [0.05, 0.1) is 0 Å². The van der Waals surface area contributed by atoms with Crippen molar-refractivity contribution in [2.45, 2.75) is 59.3 Å². The summed E-state index contributed by atoms with van der Waals surface area (Å²) < 4.78 is 5.31. The quantitative estimate of drug-likeness (QED) is 0.162. The number of hydrogen-bond acceptors (Lipinski definition) is 4. The smallest absolute Gasteiger partial charge is 0.252 e. The number of nitrogens with zero attached hydrogens (tertiary/aromatic N) is 2. The predicted octanol–water partition coefficient (Wildman–Crippen LogP) is 16.7. The number of anilines is 6. The number of fused-ring (bicyclic) bond motifs is 10. The van der Waals surface area contributed by atoms with Gasteiger partial charge in [0.15, 0.2) is 0 Å². The first kappa shape index (κ1) is 41.3. The fourth-order valence-corrected chi connectivity index (χ4v) is 13.5. The highest BCUT2D eigenvalue weighted by Crippen LogP contribution is 2.48. The van der Waals surface area contributed by atoms with E-state index in [0.29, 0.717) is 0 Å². The van der Waals surface area contributed by atoms with Gasteiger partial charge in [-0.1, -0.05) is 151 Å². The third-order valence-corrected chi connectivity index (χ3v) is 16.9. The number of thiophene rings is 2. The molecule has 9 aromatic carbocycles. The zero-order valence-corrected chi connectivity index (χ0v) is 41.2. The zero-order valence-electron chi connectivity index (χ0n) is 39.6. The highest BCUT2D eigenvalue weighted by molar-refractivity contribution is 7.26. The minimum atomic E-state index is -0.0249. The maximum Gasteiger partial charge on any atom is 0.252 e. The molecule has 0 saturated heterocycles. The molecule has 0 spiro atoms. The van der Waals surface area contributed by atoms with Crippen LogP contribution in [0.5, 0.6) is 0 Å². The summed E-state index contributed by atoms with van der Waals surface area (Å²) in [5, 5.41) is 5.33. The van der Waals surface area contributed by atoms with Gasteiger partial charge in [-0.05, 0) is 146 Å². The zero-order chi connectivity index (χ0) is 46.2. The SMILES string of the molecule is Cc1cc2c3c(c1)N(c1ccc(-c4cccc5sc6ccccc6c45)cc1)c1ccc(C(C)(C)C)cc1B3c1cc(C(C)(C)C)ccc1N2c1ccc(-c2cccc3sc4ccccc4c23)cc1. The molecule has 0 saturated carbocycles. The third-order valence-electron chi connectivity index (χ3n) is 14.6. The maximum atomic E-state index is 2.56. The molecule has 0 N–H and O–H groups in total. The fourth-order valence-electron chi connectivity index (χ4n) is 11.2. The largest absolute Gasteiger partial charge is 0.311 e. The normalized spacial score (nSPS) is 13.4. The van der Waals surface area contributed by atoms with Crippen molar-refractivity contribution < 1.29 is 0 Å². The van der Waals surface area contributed by atoms with Gasteiger partial charge in [0.2, 0.25) is 0 Å². The molecule has 2 nitrogen and oxygen atoms in total. The second-order valence-corrected chi connectivity index (χ2v) is 23.2. The van der Waals surface area contributed by atoms with Gasteiger partial charge in [0.25, 0.3) is 6.71 Å². The summed E-state index contributed by atoms with van der Waals surface area (Å²) >= 11 is 3.76. The van der Waals surface area contributed by atoms with Gasteiger partial charge in [-0.2, -0.15) is 0 Å². The van der Waals surface area contributed by atoms with Crippen LogP contribution in [0.25, 0.3) is 62.6 Å². The van der Waals surface area contributed by atoms with E-state index in [-0.39, 0.29) is 17.5 Å². The number of hydrogen-bond donors (Lipinski definition) is 0. The van der Waals surface area contributed by atoms with Crippen molar-refractivity contribution in [2.75, 3.05) is 9.80 Å². The molecule has 328 valence electrons. The summed E-state index contributed by atoms with van der Waals surface area (Å²) in [4.78, 5) is 5.11. The lowest BCUT2D eigenvalue weighted by Crippen LogP contribution is -2.61. The standard InChI is InChI=1S/C63H51BN2S2/c1-38-34-53-61-54(35-38)66(44-30-24-40(25-31-44)46-17-13-21-58-60(46)48-15-9-11-19-56(48)68-58)52-33-27-42(63(5,6)7)37-50(52)64(61)49-36-41(62(2,3)4)26-32-51(49)65(53)43-28-22-39(23-29-43)45-16-12-20-57-59(45)47-14-8-10-18-55(47)67-57/h8-37H,1-7H3. The first-order chi connectivity index (χ1) is 32.9. The van der Waals surface area contributed by atoms with Gasteiger partial charge in [0.1, 0.15) is 0 Å². The average molecular weight is 911 g/mol. The molecular formula is C63H51BN2S2. The Morgan fingerprint density at radius 3 is 1.24 bits per heavy atom.